The summed E-state index contributed by atoms with van der Waals surface area (Å²) in [5.41, 5.74) is 1.94. The first kappa shape index (κ1) is 13.6. The highest BCUT2D eigenvalue weighted by Crippen LogP contribution is 2.15. The zero-order chi connectivity index (χ0) is 14.7. The standard InChI is InChI=1S/C14H13N5OS/c1-10-3-5-11(6-4-10)16-12(20)9-21-14-17-13-15-7-2-8-19(13)18-14/h2-8H,9H2,1H3,(H,16,20). The van der Waals surface area contributed by atoms with Crippen LogP contribution in [0.25, 0.3) is 5.78 Å². The number of amides is 1. The molecule has 0 atom stereocenters. The lowest BCUT2D eigenvalue weighted by Crippen LogP contribution is -2.14. The summed E-state index contributed by atoms with van der Waals surface area (Å²) in [6.07, 6.45) is 3.42. The number of carbonyl (C=O) groups is 1. The average Bonchev–Trinajstić information content (AvgIpc) is 2.90. The minimum absolute atomic E-state index is 0.0873. The summed E-state index contributed by atoms with van der Waals surface area (Å²) in [6, 6.07) is 9.45. The maximum Gasteiger partial charge on any atom is 0.253 e. The smallest absolute Gasteiger partial charge is 0.253 e. The fraction of sp³-hybridized carbons (Fsp3) is 0.143. The zero-order valence-electron chi connectivity index (χ0n) is 11.4. The second kappa shape index (κ2) is 5.92. The monoisotopic (exact) mass is 299 g/mol. The number of benzene rings is 1. The van der Waals surface area contributed by atoms with Gasteiger partial charge in [0.1, 0.15) is 0 Å². The third-order valence-electron chi connectivity index (χ3n) is 2.76. The Balaban J connectivity index is 1.59. The van der Waals surface area contributed by atoms with Gasteiger partial charge in [-0.1, -0.05) is 29.5 Å². The van der Waals surface area contributed by atoms with Gasteiger partial charge in [0.2, 0.25) is 11.1 Å². The van der Waals surface area contributed by atoms with E-state index in [9.17, 15) is 4.79 Å². The molecule has 0 fully saturated rings. The summed E-state index contributed by atoms with van der Waals surface area (Å²) < 4.78 is 1.58. The molecule has 0 saturated heterocycles. The van der Waals surface area contributed by atoms with Crippen molar-refractivity contribution in [3.05, 3.63) is 48.3 Å². The van der Waals surface area contributed by atoms with Crippen molar-refractivity contribution in [2.75, 3.05) is 11.1 Å². The van der Waals surface area contributed by atoms with Crippen molar-refractivity contribution in [1.82, 2.24) is 19.6 Å². The van der Waals surface area contributed by atoms with Gasteiger partial charge < -0.3 is 5.32 Å². The van der Waals surface area contributed by atoms with Gasteiger partial charge in [-0.3, -0.25) is 4.79 Å². The fourth-order valence-electron chi connectivity index (χ4n) is 1.74. The molecule has 0 bridgehead atoms. The van der Waals surface area contributed by atoms with E-state index in [1.165, 1.54) is 11.8 Å². The maximum atomic E-state index is 11.9. The van der Waals surface area contributed by atoms with E-state index in [1.54, 1.807) is 23.0 Å². The van der Waals surface area contributed by atoms with Crippen LogP contribution in [0.5, 0.6) is 0 Å². The molecule has 3 rings (SSSR count). The maximum absolute atomic E-state index is 11.9. The molecule has 1 amide bonds. The number of carbonyl (C=O) groups excluding carboxylic acids is 1. The number of nitrogens with zero attached hydrogens (tertiary/aromatic N) is 4. The highest BCUT2D eigenvalue weighted by Gasteiger charge is 2.08. The van der Waals surface area contributed by atoms with Gasteiger partial charge >= 0.3 is 0 Å². The van der Waals surface area contributed by atoms with E-state index in [2.05, 4.69) is 20.4 Å². The van der Waals surface area contributed by atoms with E-state index in [0.717, 1.165) is 11.3 Å². The number of aromatic nitrogens is 4. The van der Waals surface area contributed by atoms with Crippen molar-refractivity contribution in [3.63, 3.8) is 0 Å². The van der Waals surface area contributed by atoms with Gasteiger partial charge in [-0.15, -0.1) is 5.10 Å². The first-order valence-electron chi connectivity index (χ1n) is 6.37. The molecule has 7 heteroatoms. The van der Waals surface area contributed by atoms with Gasteiger partial charge in [-0.25, -0.2) is 9.50 Å². The Labute approximate surface area is 125 Å². The van der Waals surface area contributed by atoms with Crippen LogP contribution in [0.2, 0.25) is 0 Å². The van der Waals surface area contributed by atoms with Crippen LogP contribution in [0.4, 0.5) is 5.69 Å². The van der Waals surface area contributed by atoms with Crippen LogP contribution in [-0.2, 0) is 4.79 Å². The molecular formula is C14H13N5OS. The topological polar surface area (TPSA) is 72.2 Å². The molecule has 0 radical (unpaired) electrons. The highest BCUT2D eigenvalue weighted by molar-refractivity contribution is 7.99. The van der Waals surface area contributed by atoms with Crippen LogP contribution in [-0.4, -0.2) is 31.2 Å². The molecule has 3 aromatic rings. The number of hydrogen-bond donors (Lipinski definition) is 1. The molecule has 106 valence electrons. The molecule has 0 aliphatic carbocycles. The molecule has 2 heterocycles. The fourth-order valence-corrected chi connectivity index (χ4v) is 2.36. The predicted molar refractivity (Wildman–Crippen MR) is 81.3 cm³/mol. The molecule has 0 aliphatic rings. The third-order valence-corrected chi connectivity index (χ3v) is 3.60. The molecule has 2 aromatic heterocycles. The van der Waals surface area contributed by atoms with Crippen LogP contribution in [0.3, 0.4) is 0 Å². The number of thioether (sulfide) groups is 1. The molecule has 0 spiro atoms. The molecule has 0 saturated carbocycles. The number of fused-ring (bicyclic) bond motifs is 1. The van der Waals surface area contributed by atoms with Crippen LogP contribution in [0.1, 0.15) is 5.56 Å². The normalized spacial score (nSPS) is 10.7. The van der Waals surface area contributed by atoms with E-state index < -0.39 is 0 Å². The largest absolute Gasteiger partial charge is 0.325 e. The summed E-state index contributed by atoms with van der Waals surface area (Å²) >= 11 is 1.28. The minimum atomic E-state index is -0.0873. The van der Waals surface area contributed by atoms with Crippen molar-refractivity contribution >= 4 is 29.1 Å². The lowest BCUT2D eigenvalue weighted by atomic mass is 10.2. The second-order valence-electron chi connectivity index (χ2n) is 4.46. The minimum Gasteiger partial charge on any atom is -0.325 e. The number of hydrogen-bond acceptors (Lipinski definition) is 5. The highest BCUT2D eigenvalue weighted by atomic mass is 32.2. The lowest BCUT2D eigenvalue weighted by molar-refractivity contribution is -0.113. The Kier molecular flexibility index (Phi) is 3.83. The van der Waals surface area contributed by atoms with E-state index >= 15 is 0 Å². The molecular weight excluding hydrogens is 286 g/mol. The number of nitrogens with one attached hydrogen (secondary N) is 1. The second-order valence-corrected chi connectivity index (χ2v) is 5.40. The summed E-state index contributed by atoms with van der Waals surface area (Å²) in [4.78, 5) is 20.2. The molecule has 1 N–H and O–H groups in total. The van der Waals surface area contributed by atoms with E-state index in [4.69, 9.17) is 0 Å². The summed E-state index contributed by atoms with van der Waals surface area (Å²) in [6.45, 7) is 2.00. The summed E-state index contributed by atoms with van der Waals surface area (Å²) in [7, 11) is 0. The van der Waals surface area contributed by atoms with Crippen LogP contribution in [0, 0.1) is 6.92 Å². The van der Waals surface area contributed by atoms with Crippen molar-refractivity contribution in [2.24, 2.45) is 0 Å². The lowest BCUT2D eigenvalue weighted by Gasteiger charge is -2.04. The molecule has 6 nitrogen and oxygen atoms in total. The molecule has 1 aromatic carbocycles. The average molecular weight is 299 g/mol. The quantitative estimate of drug-likeness (QED) is 0.747. The third kappa shape index (κ3) is 3.38. The first-order valence-corrected chi connectivity index (χ1v) is 7.36. The van der Waals surface area contributed by atoms with Crippen molar-refractivity contribution in [3.8, 4) is 0 Å². The molecule has 0 unspecified atom stereocenters. The van der Waals surface area contributed by atoms with Gasteiger partial charge in [0, 0.05) is 18.1 Å². The Hall–Kier alpha value is -2.41. The van der Waals surface area contributed by atoms with Gasteiger partial charge in [0.25, 0.3) is 5.78 Å². The van der Waals surface area contributed by atoms with Gasteiger partial charge in [-0.2, -0.15) is 4.98 Å². The Morgan fingerprint density at radius 1 is 1.33 bits per heavy atom. The van der Waals surface area contributed by atoms with E-state index in [0.29, 0.717) is 10.9 Å². The number of anilines is 1. The van der Waals surface area contributed by atoms with E-state index in [-0.39, 0.29) is 11.7 Å². The Morgan fingerprint density at radius 2 is 2.14 bits per heavy atom. The number of rotatable bonds is 4. The summed E-state index contributed by atoms with van der Waals surface area (Å²) in [5.74, 6) is 0.694. The van der Waals surface area contributed by atoms with Crippen molar-refractivity contribution in [2.45, 2.75) is 12.1 Å². The van der Waals surface area contributed by atoms with Crippen LogP contribution >= 0.6 is 11.8 Å². The van der Waals surface area contributed by atoms with Crippen molar-refractivity contribution in [1.29, 1.82) is 0 Å². The molecule has 21 heavy (non-hydrogen) atoms. The van der Waals surface area contributed by atoms with Crippen LogP contribution < -0.4 is 5.32 Å². The van der Waals surface area contributed by atoms with Crippen molar-refractivity contribution < 1.29 is 4.79 Å². The Bertz CT molecular complexity index is 735. The summed E-state index contributed by atoms with van der Waals surface area (Å²) in [5, 5.41) is 7.60. The Morgan fingerprint density at radius 3 is 2.90 bits per heavy atom. The van der Waals surface area contributed by atoms with Gasteiger partial charge in [-0.05, 0) is 25.1 Å². The first-order chi connectivity index (χ1) is 10.2. The molecule has 0 aliphatic heterocycles. The zero-order valence-corrected chi connectivity index (χ0v) is 12.2. The van der Waals surface area contributed by atoms with Gasteiger partial charge in [0.05, 0.1) is 5.75 Å². The predicted octanol–water partition coefficient (Wildman–Crippen LogP) is 2.16. The van der Waals surface area contributed by atoms with E-state index in [1.807, 2.05) is 31.2 Å². The SMILES string of the molecule is Cc1ccc(NC(=O)CSc2nc3ncccn3n2)cc1. The van der Waals surface area contributed by atoms with Gasteiger partial charge in [0.15, 0.2) is 0 Å². The number of aryl methyl sites for hydroxylation is 1. The van der Waals surface area contributed by atoms with Crippen LogP contribution in [0.15, 0.2) is 47.9 Å².